The van der Waals surface area contributed by atoms with E-state index in [1.807, 2.05) is 13.8 Å². The maximum absolute atomic E-state index is 13.6. The summed E-state index contributed by atoms with van der Waals surface area (Å²) in [6.07, 6.45) is 0.126. The Balaban J connectivity index is 2.04. The SMILES string of the molecule is COc1ccc(CC(=O)N(C)Cc2c(C)noc2C)cc1F. The van der Waals surface area contributed by atoms with Crippen molar-refractivity contribution in [2.45, 2.75) is 26.8 Å². The third-order valence-electron chi connectivity index (χ3n) is 3.57. The molecule has 0 saturated carbocycles. The van der Waals surface area contributed by atoms with E-state index in [-0.39, 0.29) is 18.1 Å². The molecule has 0 aliphatic heterocycles. The number of hydrogen-bond donors (Lipinski definition) is 0. The fraction of sp³-hybridized carbons (Fsp3) is 0.375. The van der Waals surface area contributed by atoms with Crippen LogP contribution < -0.4 is 4.74 Å². The van der Waals surface area contributed by atoms with Gasteiger partial charge in [-0.15, -0.1) is 0 Å². The Labute approximate surface area is 128 Å². The quantitative estimate of drug-likeness (QED) is 0.852. The minimum absolute atomic E-state index is 0.107. The van der Waals surface area contributed by atoms with Gasteiger partial charge in [-0.3, -0.25) is 4.79 Å². The van der Waals surface area contributed by atoms with Gasteiger partial charge in [0.25, 0.3) is 0 Å². The van der Waals surface area contributed by atoms with Gasteiger partial charge in [0.1, 0.15) is 5.76 Å². The van der Waals surface area contributed by atoms with Crippen LogP contribution in [0.25, 0.3) is 0 Å². The van der Waals surface area contributed by atoms with E-state index in [1.54, 1.807) is 18.0 Å². The third-order valence-corrected chi connectivity index (χ3v) is 3.57. The average molecular weight is 306 g/mol. The molecule has 6 heteroatoms. The summed E-state index contributed by atoms with van der Waals surface area (Å²) in [5.41, 5.74) is 2.28. The van der Waals surface area contributed by atoms with E-state index >= 15 is 0 Å². The average Bonchev–Trinajstić information content (AvgIpc) is 2.79. The number of methoxy groups -OCH3 is 1. The Morgan fingerprint density at radius 3 is 2.68 bits per heavy atom. The molecule has 0 spiro atoms. The molecule has 0 aliphatic carbocycles. The van der Waals surface area contributed by atoms with Crippen LogP contribution in [0.15, 0.2) is 22.7 Å². The molecule has 0 radical (unpaired) electrons. The maximum Gasteiger partial charge on any atom is 0.227 e. The molecule has 2 aromatic rings. The minimum Gasteiger partial charge on any atom is -0.494 e. The summed E-state index contributed by atoms with van der Waals surface area (Å²) in [6, 6.07) is 4.52. The van der Waals surface area contributed by atoms with E-state index < -0.39 is 5.82 Å². The van der Waals surface area contributed by atoms with Crippen LogP contribution in [-0.4, -0.2) is 30.1 Å². The molecule has 0 aliphatic rings. The van der Waals surface area contributed by atoms with Gasteiger partial charge in [0.2, 0.25) is 5.91 Å². The van der Waals surface area contributed by atoms with Crippen LogP contribution >= 0.6 is 0 Å². The molecule has 1 amide bonds. The molecule has 1 aromatic heterocycles. The van der Waals surface area contributed by atoms with Crippen molar-refractivity contribution in [3.8, 4) is 5.75 Å². The zero-order valence-corrected chi connectivity index (χ0v) is 13.1. The fourth-order valence-electron chi connectivity index (χ4n) is 2.18. The van der Waals surface area contributed by atoms with Crippen molar-refractivity contribution in [3.63, 3.8) is 0 Å². The molecule has 5 nitrogen and oxygen atoms in total. The van der Waals surface area contributed by atoms with Crippen LogP contribution in [0.5, 0.6) is 5.75 Å². The summed E-state index contributed by atoms with van der Waals surface area (Å²) in [5.74, 6) is 0.290. The number of carbonyl (C=O) groups is 1. The summed E-state index contributed by atoms with van der Waals surface area (Å²) >= 11 is 0. The van der Waals surface area contributed by atoms with Gasteiger partial charge in [0.15, 0.2) is 11.6 Å². The van der Waals surface area contributed by atoms with Crippen molar-refractivity contribution in [2.75, 3.05) is 14.2 Å². The second-order valence-corrected chi connectivity index (χ2v) is 5.20. The highest BCUT2D eigenvalue weighted by Gasteiger charge is 2.16. The minimum atomic E-state index is -0.471. The van der Waals surface area contributed by atoms with Crippen LogP contribution in [0.2, 0.25) is 0 Å². The largest absolute Gasteiger partial charge is 0.494 e. The molecule has 2 rings (SSSR count). The Morgan fingerprint density at radius 2 is 2.14 bits per heavy atom. The first-order chi connectivity index (χ1) is 10.4. The zero-order valence-electron chi connectivity index (χ0n) is 13.1. The number of benzene rings is 1. The summed E-state index contributed by atoms with van der Waals surface area (Å²) in [5, 5.41) is 3.87. The van der Waals surface area contributed by atoms with E-state index in [4.69, 9.17) is 9.26 Å². The first-order valence-corrected chi connectivity index (χ1v) is 6.90. The third kappa shape index (κ3) is 3.44. The van der Waals surface area contributed by atoms with Gasteiger partial charge in [0.05, 0.1) is 25.8 Å². The number of hydrogen-bond acceptors (Lipinski definition) is 4. The smallest absolute Gasteiger partial charge is 0.227 e. The number of ether oxygens (including phenoxy) is 1. The predicted octanol–water partition coefficient (Wildman–Crippen LogP) is 2.64. The summed E-state index contributed by atoms with van der Waals surface area (Å²) in [7, 11) is 3.11. The predicted molar refractivity (Wildman–Crippen MR) is 79.1 cm³/mol. The van der Waals surface area contributed by atoms with Crippen LogP contribution in [0, 0.1) is 19.7 Å². The highest BCUT2D eigenvalue weighted by Crippen LogP contribution is 2.19. The molecule has 0 fully saturated rings. The lowest BCUT2D eigenvalue weighted by molar-refractivity contribution is -0.129. The summed E-state index contributed by atoms with van der Waals surface area (Å²) in [4.78, 5) is 13.8. The van der Waals surface area contributed by atoms with E-state index in [0.717, 1.165) is 11.3 Å². The molecule has 0 bridgehead atoms. The van der Waals surface area contributed by atoms with Crippen molar-refractivity contribution in [1.29, 1.82) is 0 Å². The normalized spacial score (nSPS) is 10.6. The van der Waals surface area contributed by atoms with Crippen molar-refractivity contribution in [2.24, 2.45) is 0 Å². The number of halogens is 1. The Kier molecular flexibility index (Phi) is 4.80. The topological polar surface area (TPSA) is 55.6 Å². The first-order valence-electron chi connectivity index (χ1n) is 6.90. The van der Waals surface area contributed by atoms with Gasteiger partial charge in [-0.2, -0.15) is 0 Å². The van der Waals surface area contributed by atoms with Crippen LogP contribution in [0.3, 0.4) is 0 Å². The van der Waals surface area contributed by atoms with Crippen LogP contribution in [0.1, 0.15) is 22.6 Å². The molecule has 1 aromatic carbocycles. The number of rotatable bonds is 5. The van der Waals surface area contributed by atoms with Crippen molar-refractivity contribution >= 4 is 5.91 Å². The molecule has 0 atom stereocenters. The van der Waals surface area contributed by atoms with Gasteiger partial charge < -0.3 is 14.2 Å². The molecule has 22 heavy (non-hydrogen) atoms. The van der Waals surface area contributed by atoms with E-state index in [0.29, 0.717) is 17.9 Å². The molecule has 0 unspecified atom stereocenters. The maximum atomic E-state index is 13.6. The van der Waals surface area contributed by atoms with Gasteiger partial charge in [-0.05, 0) is 31.5 Å². The Bertz CT molecular complexity index is 663. The van der Waals surface area contributed by atoms with E-state index in [1.165, 1.54) is 19.2 Å². The van der Waals surface area contributed by atoms with Crippen LogP contribution in [0.4, 0.5) is 4.39 Å². The molecule has 1 heterocycles. The zero-order chi connectivity index (χ0) is 16.3. The van der Waals surface area contributed by atoms with Crippen molar-refractivity contribution in [3.05, 3.63) is 46.6 Å². The molecule has 0 saturated heterocycles. The lowest BCUT2D eigenvalue weighted by Gasteiger charge is -2.17. The van der Waals surface area contributed by atoms with Gasteiger partial charge in [-0.25, -0.2) is 4.39 Å². The Hall–Kier alpha value is -2.37. The van der Waals surface area contributed by atoms with Gasteiger partial charge >= 0.3 is 0 Å². The monoisotopic (exact) mass is 306 g/mol. The van der Waals surface area contributed by atoms with Crippen molar-refractivity contribution < 1.29 is 18.4 Å². The molecular formula is C16H19FN2O3. The number of nitrogens with zero attached hydrogens (tertiary/aromatic N) is 2. The number of amides is 1. The highest BCUT2D eigenvalue weighted by atomic mass is 19.1. The van der Waals surface area contributed by atoms with Gasteiger partial charge in [0, 0.05) is 12.6 Å². The second-order valence-electron chi connectivity index (χ2n) is 5.20. The molecule has 0 N–H and O–H groups in total. The lowest BCUT2D eigenvalue weighted by atomic mass is 10.1. The summed E-state index contributed by atoms with van der Waals surface area (Å²) < 4.78 is 23.6. The molecule has 118 valence electrons. The molecular weight excluding hydrogens is 287 g/mol. The second kappa shape index (κ2) is 6.60. The van der Waals surface area contributed by atoms with E-state index in [2.05, 4.69) is 5.16 Å². The Morgan fingerprint density at radius 1 is 1.41 bits per heavy atom. The van der Waals surface area contributed by atoms with Crippen molar-refractivity contribution in [1.82, 2.24) is 10.1 Å². The number of aromatic nitrogens is 1. The number of aryl methyl sites for hydroxylation is 2. The number of carbonyl (C=O) groups excluding carboxylic acids is 1. The summed E-state index contributed by atoms with van der Waals surface area (Å²) in [6.45, 7) is 4.06. The first kappa shape index (κ1) is 16.0. The van der Waals surface area contributed by atoms with Gasteiger partial charge in [-0.1, -0.05) is 11.2 Å². The highest BCUT2D eigenvalue weighted by molar-refractivity contribution is 5.78. The van der Waals surface area contributed by atoms with E-state index in [9.17, 15) is 9.18 Å². The standard InChI is InChI=1S/C16H19FN2O3/c1-10-13(11(2)22-18-10)9-19(3)16(20)8-12-5-6-15(21-4)14(17)7-12/h5-7H,8-9H2,1-4H3. The lowest BCUT2D eigenvalue weighted by Crippen LogP contribution is -2.28. The number of likely N-dealkylation sites (N-methyl/N-ethyl adjacent to an activating group) is 1. The van der Waals surface area contributed by atoms with Crippen LogP contribution in [-0.2, 0) is 17.8 Å². The fourth-order valence-corrected chi connectivity index (χ4v) is 2.18.